The van der Waals surface area contributed by atoms with Crippen LogP contribution in [-0.4, -0.2) is 14.3 Å². The molecule has 0 aliphatic rings. The van der Waals surface area contributed by atoms with E-state index in [-0.39, 0.29) is 21.6 Å². The second-order valence-electron chi connectivity index (χ2n) is 9.45. The highest BCUT2D eigenvalue weighted by Crippen LogP contribution is 2.30. The van der Waals surface area contributed by atoms with Gasteiger partial charge in [-0.1, -0.05) is 61.0 Å². The summed E-state index contributed by atoms with van der Waals surface area (Å²) in [7, 11) is -3.87. The number of rotatable bonds is 9. The van der Waals surface area contributed by atoms with E-state index in [1.165, 1.54) is 17.7 Å². The third kappa shape index (κ3) is 6.62. The van der Waals surface area contributed by atoms with Crippen molar-refractivity contribution in [3.63, 3.8) is 0 Å². The second kappa shape index (κ2) is 11.4. The van der Waals surface area contributed by atoms with E-state index in [0.717, 1.165) is 16.6 Å². The number of halogens is 1. The number of sulfonamides is 1. The van der Waals surface area contributed by atoms with E-state index in [2.05, 4.69) is 58.9 Å². The van der Waals surface area contributed by atoms with Gasteiger partial charge < -0.3 is 10.1 Å². The van der Waals surface area contributed by atoms with E-state index in [4.69, 9.17) is 4.74 Å². The lowest BCUT2D eigenvalue weighted by atomic mass is 9.82. The Morgan fingerprint density at radius 2 is 1.42 bits per heavy atom. The van der Waals surface area contributed by atoms with Crippen molar-refractivity contribution >= 4 is 43.2 Å². The fraction of sp³-hybridized carbons (Fsp3) is 0.167. The molecular formula is C30H29BrN2O4S. The highest BCUT2D eigenvalue weighted by atomic mass is 79.9. The molecule has 0 heterocycles. The van der Waals surface area contributed by atoms with Crippen LogP contribution in [0.4, 0.5) is 11.4 Å². The Morgan fingerprint density at radius 1 is 0.842 bits per heavy atom. The standard InChI is InChI=1S/C30H29BrN2O4S/c1-4-30(2,3)21-9-15-24(16-10-21)37-25-17-13-23(14-18-25)32-29(34)27-7-5-6-8-28(27)33-38(35,36)26-19-11-22(31)12-20-26/h5-20,33H,4H2,1-3H3,(H,32,34). The van der Waals surface area contributed by atoms with E-state index in [1.54, 1.807) is 60.7 Å². The molecule has 4 rings (SSSR count). The minimum absolute atomic E-state index is 0.0928. The monoisotopic (exact) mass is 592 g/mol. The molecule has 0 saturated carbocycles. The number of benzene rings is 4. The molecular weight excluding hydrogens is 564 g/mol. The predicted octanol–water partition coefficient (Wildman–Crippen LogP) is 7.98. The zero-order valence-corrected chi connectivity index (χ0v) is 23.8. The lowest BCUT2D eigenvalue weighted by molar-refractivity contribution is 0.102. The van der Waals surface area contributed by atoms with Crippen molar-refractivity contribution in [3.05, 3.63) is 113 Å². The molecule has 38 heavy (non-hydrogen) atoms. The van der Waals surface area contributed by atoms with Gasteiger partial charge in [0.1, 0.15) is 11.5 Å². The van der Waals surface area contributed by atoms with Crippen LogP contribution < -0.4 is 14.8 Å². The van der Waals surface area contributed by atoms with Crippen LogP contribution in [0, 0.1) is 0 Å². The molecule has 0 atom stereocenters. The van der Waals surface area contributed by atoms with Gasteiger partial charge in [0.05, 0.1) is 16.1 Å². The van der Waals surface area contributed by atoms with E-state index in [1.807, 2.05) is 12.1 Å². The first kappa shape index (κ1) is 27.4. The van der Waals surface area contributed by atoms with Crippen LogP contribution in [0.2, 0.25) is 0 Å². The summed E-state index contributed by atoms with van der Waals surface area (Å²) in [5.41, 5.74) is 2.29. The number of carbonyl (C=O) groups excluding carboxylic acids is 1. The normalized spacial score (nSPS) is 11.6. The number of carbonyl (C=O) groups is 1. The summed E-state index contributed by atoms with van der Waals surface area (Å²) >= 11 is 3.30. The minimum Gasteiger partial charge on any atom is -0.457 e. The summed E-state index contributed by atoms with van der Waals surface area (Å²) in [5, 5.41) is 2.82. The Kier molecular flexibility index (Phi) is 8.23. The van der Waals surface area contributed by atoms with Crippen molar-refractivity contribution in [2.24, 2.45) is 0 Å². The average Bonchev–Trinajstić information content (AvgIpc) is 2.90. The van der Waals surface area contributed by atoms with Crippen LogP contribution in [0.3, 0.4) is 0 Å². The van der Waals surface area contributed by atoms with Crippen molar-refractivity contribution in [1.82, 2.24) is 0 Å². The van der Waals surface area contributed by atoms with Crippen LogP contribution in [-0.2, 0) is 15.4 Å². The van der Waals surface area contributed by atoms with Gasteiger partial charge in [-0.05, 0) is 90.2 Å². The van der Waals surface area contributed by atoms with Crippen LogP contribution in [0.5, 0.6) is 11.5 Å². The molecule has 0 saturated heterocycles. The first-order chi connectivity index (χ1) is 18.1. The van der Waals surface area contributed by atoms with Gasteiger partial charge in [0.25, 0.3) is 15.9 Å². The molecule has 4 aromatic carbocycles. The van der Waals surface area contributed by atoms with Gasteiger partial charge in [0.15, 0.2) is 0 Å². The second-order valence-corrected chi connectivity index (χ2v) is 12.0. The fourth-order valence-corrected chi connectivity index (χ4v) is 5.05. The number of amides is 1. The van der Waals surface area contributed by atoms with E-state index in [0.29, 0.717) is 11.4 Å². The van der Waals surface area contributed by atoms with E-state index >= 15 is 0 Å². The first-order valence-electron chi connectivity index (χ1n) is 12.1. The van der Waals surface area contributed by atoms with Crippen molar-refractivity contribution in [2.75, 3.05) is 10.0 Å². The van der Waals surface area contributed by atoms with Gasteiger partial charge >= 0.3 is 0 Å². The molecule has 0 spiro atoms. The Hall–Kier alpha value is -3.62. The molecule has 0 bridgehead atoms. The highest BCUT2D eigenvalue weighted by molar-refractivity contribution is 9.10. The molecule has 0 unspecified atom stereocenters. The van der Waals surface area contributed by atoms with Crippen molar-refractivity contribution in [2.45, 2.75) is 37.5 Å². The maximum atomic E-state index is 13.0. The largest absolute Gasteiger partial charge is 0.457 e. The smallest absolute Gasteiger partial charge is 0.261 e. The first-order valence-corrected chi connectivity index (χ1v) is 14.4. The Morgan fingerprint density at radius 3 is 2.03 bits per heavy atom. The van der Waals surface area contributed by atoms with Crippen molar-refractivity contribution < 1.29 is 17.9 Å². The number of ether oxygens (including phenoxy) is 1. The number of para-hydroxylation sites is 1. The van der Waals surface area contributed by atoms with Gasteiger partial charge in [-0.25, -0.2) is 8.42 Å². The van der Waals surface area contributed by atoms with Gasteiger partial charge in [0, 0.05) is 10.2 Å². The Labute approximate surface area is 232 Å². The topological polar surface area (TPSA) is 84.5 Å². The van der Waals surface area contributed by atoms with Crippen LogP contribution in [0.25, 0.3) is 0 Å². The molecule has 0 fully saturated rings. The van der Waals surface area contributed by atoms with Crippen LogP contribution in [0.15, 0.2) is 106 Å². The zero-order valence-electron chi connectivity index (χ0n) is 21.4. The Bertz CT molecular complexity index is 1520. The summed E-state index contributed by atoms with van der Waals surface area (Å²) in [4.78, 5) is 13.1. The van der Waals surface area contributed by atoms with Crippen LogP contribution in [0.1, 0.15) is 43.1 Å². The molecule has 0 aromatic heterocycles. The molecule has 4 aromatic rings. The lowest BCUT2D eigenvalue weighted by Crippen LogP contribution is -2.18. The summed E-state index contributed by atoms with van der Waals surface area (Å²) in [6, 6.07) is 27.8. The summed E-state index contributed by atoms with van der Waals surface area (Å²) < 4.78 is 34.9. The zero-order chi connectivity index (χ0) is 27.3. The van der Waals surface area contributed by atoms with Crippen molar-refractivity contribution in [3.8, 4) is 11.5 Å². The average molecular weight is 594 g/mol. The number of anilines is 2. The van der Waals surface area contributed by atoms with Crippen molar-refractivity contribution in [1.29, 1.82) is 0 Å². The quantitative estimate of drug-likeness (QED) is 0.206. The van der Waals surface area contributed by atoms with Crippen LogP contribution >= 0.6 is 15.9 Å². The lowest BCUT2D eigenvalue weighted by Gasteiger charge is -2.23. The Balaban J connectivity index is 1.44. The number of nitrogens with one attached hydrogen (secondary N) is 2. The maximum absolute atomic E-state index is 13.0. The molecule has 8 heteroatoms. The minimum atomic E-state index is -3.87. The third-order valence-corrected chi connectivity index (χ3v) is 8.32. The highest BCUT2D eigenvalue weighted by Gasteiger charge is 2.19. The summed E-state index contributed by atoms with van der Waals surface area (Å²) in [6.45, 7) is 6.60. The molecule has 0 aliphatic carbocycles. The molecule has 196 valence electrons. The van der Waals surface area contributed by atoms with Gasteiger partial charge in [0.2, 0.25) is 0 Å². The maximum Gasteiger partial charge on any atom is 0.261 e. The number of hydrogen-bond acceptors (Lipinski definition) is 4. The predicted molar refractivity (Wildman–Crippen MR) is 156 cm³/mol. The molecule has 2 N–H and O–H groups in total. The molecule has 0 aliphatic heterocycles. The summed E-state index contributed by atoms with van der Waals surface area (Å²) in [5.74, 6) is 0.916. The van der Waals surface area contributed by atoms with Gasteiger partial charge in [-0.3, -0.25) is 9.52 Å². The molecule has 6 nitrogen and oxygen atoms in total. The molecule has 1 amide bonds. The van der Waals surface area contributed by atoms with Gasteiger partial charge in [-0.2, -0.15) is 0 Å². The SMILES string of the molecule is CCC(C)(C)c1ccc(Oc2ccc(NC(=O)c3ccccc3NS(=O)(=O)c3ccc(Br)cc3)cc2)cc1. The fourth-order valence-electron chi connectivity index (χ4n) is 3.71. The van der Waals surface area contributed by atoms with E-state index < -0.39 is 15.9 Å². The summed E-state index contributed by atoms with van der Waals surface area (Å²) in [6.07, 6.45) is 1.04. The molecule has 0 radical (unpaired) electrons. The third-order valence-electron chi connectivity index (χ3n) is 6.41. The van der Waals surface area contributed by atoms with E-state index in [9.17, 15) is 13.2 Å². The van der Waals surface area contributed by atoms with Gasteiger partial charge in [-0.15, -0.1) is 0 Å². The number of hydrogen-bond donors (Lipinski definition) is 2.